The first kappa shape index (κ1) is 95.0. The van der Waals surface area contributed by atoms with Gasteiger partial charge in [-0.05, 0) is 274 Å². The lowest BCUT2D eigenvalue weighted by atomic mass is 9.69. The normalized spacial score (nSPS) is 17.4. The second-order valence-electron chi connectivity index (χ2n) is 37.8. The van der Waals surface area contributed by atoms with Crippen molar-refractivity contribution in [2.24, 2.45) is 11.8 Å². The van der Waals surface area contributed by atoms with E-state index in [-0.39, 0.29) is 35.1 Å². The number of benzene rings is 10. The lowest BCUT2D eigenvalue weighted by Gasteiger charge is -2.43. The molecule has 0 N–H and O–H groups in total. The van der Waals surface area contributed by atoms with Crippen LogP contribution in [0.15, 0.2) is 218 Å². The number of hydrogen-bond acceptors (Lipinski definition) is 6. The molecule has 0 saturated carbocycles. The summed E-state index contributed by atoms with van der Waals surface area (Å²) in [5.74, 6) is 4.93. The Kier molecular flexibility index (Phi) is 34.8. The van der Waals surface area contributed by atoms with Crippen LogP contribution in [-0.2, 0) is 10.8 Å². The summed E-state index contributed by atoms with van der Waals surface area (Å²) < 4.78 is 30.3. The number of unbranched alkanes of at least 4 members (excludes halogenated alkanes) is 22. The number of hydrogen-bond donors (Lipinski definition) is 0. The van der Waals surface area contributed by atoms with E-state index >= 15 is 0 Å². The molecule has 670 valence electrons. The molecule has 0 spiro atoms. The molecule has 0 amide bonds. The number of ether oxygens (including phenoxy) is 4. The second-order valence-corrected chi connectivity index (χ2v) is 41.5. The molecule has 2 heterocycles. The van der Waals surface area contributed by atoms with Crippen LogP contribution in [-0.4, -0.2) is 37.5 Å². The number of nitrogens with zero attached hydrogens (tertiary/aromatic N) is 2. The Morgan fingerprint density at radius 1 is 0.349 bits per heavy atom. The van der Waals surface area contributed by atoms with Crippen LogP contribution in [0.2, 0.25) is 0 Å². The van der Waals surface area contributed by atoms with Crippen LogP contribution in [0.1, 0.15) is 321 Å². The van der Waals surface area contributed by atoms with Gasteiger partial charge >= 0.3 is 0 Å². The highest BCUT2D eigenvalue weighted by atomic mass is 79.9. The van der Waals surface area contributed by atoms with Crippen molar-refractivity contribution in [2.75, 3.05) is 23.0 Å². The van der Waals surface area contributed by atoms with E-state index < -0.39 is 0 Å². The standard InChI is InChI=1S/C59H75NO2.C31H40Br2.C26H29Br2NO2/c1-7-11-14-16-18-20-33-59(34-21-19-17-15-12-8-2)51-36-43(6)35-46-24-25-47-38-48(39-52(59)58(47)57(46)51)45-26-32-54-56(40-45)62-55-37-42(5)23-31-53(55)60(54)49-27-29-50(30-28-49)61-41-44(10-4)22-13-9-3;1-3-5-7-9-11-13-17-31(18-14-12-10-8-6-4-2)27-21-25(32)19-23-15-16-24-20-26(33)22-28(31)30(24)29(23)27;1-3-5-6-18(4-2)17-30-22-11-9-21(10-12-22)29-23-13-7-19(27)15-25(23)31-26-16-20(28)8-14-24(26)29/h23-32,35-40,44,53,55H,7-22,33-34,41H2,1-6H3;15-16,19-22H,3-14,17-18H2,1-2H3;7-16,18,23,25H,3-6,17H2,1-2H3. The summed E-state index contributed by atoms with van der Waals surface area (Å²) in [5, 5.41) is 11.6. The van der Waals surface area contributed by atoms with E-state index in [1.54, 1.807) is 22.3 Å². The number of rotatable bonds is 45. The van der Waals surface area contributed by atoms with Gasteiger partial charge in [0, 0.05) is 40.1 Å². The smallest absolute Gasteiger partial charge is 0.145 e. The first-order valence-corrected chi connectivity index (χ1v) is 52.9. The van der Waals surface area contributed by atoms with Gasteiger partial charge in [0.1, 0.15) is 35.2 Å². The molecule has 0 bridgehead atoms. The molecule has 6 aliphatic rings. The fourth-order valence-electron chi connectivity index (χ4n) is 21.6. The predicted octanol–water partition coefficient (Wildman–Crippen LogP) is 37.2. The molecule has 4 aliphatic carbocycles. The number of halogens is 4. The van der Waals surface area contributed by atoms with Crippen molar-refractivity contribution < 1.29 is 18.9 Å². The van der Waals surface area contributed by atoms with Gasteiger partial charge in [-0.3, -0.25) is 0 Å². The summed E-state index contributed by atoms with van der Waals surface area (Å²) in [4.78, 5) is 4.83. The number of aryl methyl sites for hydroxylation is 1. The van der Waals surface area contributed by atoms with Gasteiger partial charge in [0.15, 0.2) is 0 Å². The van der Waals surface area contributed by atoms with Gasteiger partial charge < -0.3 is 28.7 Å². The third-order valence-electron chi connectivity index (χ3n) is 28.6. The van der Waals surface area contributed by atoms with E-state index in [1.807, 2.05) is 6.07 Å². The average molecular weight is 1950 g/mol. The van der Waals surface area contributed by atoms with Crippen LogP contribution < -0.4 is 28.7 Å². The summed E-state index contributed by atoms with van der Waals surface area (Å²) in [6.07, 6.45) is 60.2. The lowest BCUT2D eigenvalue weighted by molar-refractivity contribution is 0.217. The number of anilines is 4. The van der Waals surface area contributed by atoms with Gasteiger partial charge in [0.25, 0.3) is 0 Å². The maximum atomic E-state index is 7.00. The van der Waals surface area contributed by atoms with Gasteiger partial charge in [0.05, 0.1) is 36.7 Å². The Bertz CT molecular complexity index is 5280. The maximum Gasteiger partial charge on any atom is 0.145 e. The highest BCUT2D eigenvalue weighted by Crippen LogP contribution is 2.59. The molecule has 0 aromatic heterocycles. The Labute approximate surface area is 791 Å². The van der Waals surface area contributed by atoms with Gasteiger partial charge in [0.2, 0.25) is 0 Å². The molecule has 6 unspecified atom stereocenters. The molecule has 0 radical (unpaired) electrons. The molecular formula is C116H144Br4N2O4. The van der Waals surface area contributed by atoms with Crippen LogP contribution in [0.5, 0.6) is 23.0 Å². The fourth-order valence-corrected chi connectivity index (χ4v) is 23.3. The summed E-state index contributed by atoms with van der Waals surface area (Å²) in [6, 6.07) is 59.7. The van der Waals surface area contributed by atoms with Crippen LogP contribution in [0.25, 0.3) is 54.2 Å². The first-order valence-electron chi connectivity index (χ1n) is 49.7. The van der Waals surface area contributed by atoms with Gasteiger partial charge in [-0.15, -0.1) is 0 Å². The van der Waals surface area contributed by atoms with Gasteiger partial charge in [-0.1, -0.05) is 384 Å². The molecule has 6 atom stereocenters. The zero-order valence-electron chi connectivity index (χ0n) is 77.8. The van der Waals surface area contributed by atoms with Crippen LogP contribution in [0.3, 0.4) is 0 Å². The quantitative estimate of drug-likeness (QED) is 0.0280. The zero-order chi connectivity index (χ0) is 88.1. The molecule has 10 aromatic rings. The second kappa shape index (κ2) is 46.1. The van der Waals surface area contributed by atoms with Crippen molar-refractivity contribution in [3.63, 3.8) is 0 Å². The van der Waals surface area contributed by atoms with Crippen molar-refractivity contribution in [1.29, 1.82) is 0 Å². The molecule has 10 heteroatoms. The van der Waals surface area contributed by atoms with Crippen LogP contribution in [0, 0.1) is 18.8 Å². The molecular weight excluding hydrogens is 1800 g/mol. The van der Waals surface area contributed by atoms with Gasteiger partial charge in [-0.25, -0.2) is 0 Å². The van der Waals surface area contributed by atoms with E-state index in [0.29, 0.717) is 11.8 Å². The lowest BCUT2D eigenvalue weighted by Crippen LogP contribution is -2.46. The molecule has 0 saturated heterocycles. The maximum absolute atomic E-state index is 7.00. The number of allylic oxidation sites excluding steroid dienone is 4. The van der Waals surface area contributed by atoms with Crippen LogP contribution in [0.4, 0.5) is 22.7 Å². The minimum Gasteiger partial charge on any atom is -0.493 e. The molecule has 0 fully saturated rings. The third-order valence-corrected chi connectivity index (χ3v) is 30.5. The van der Waals surface area contributed by atoms with E-state index in [9.17, 15) is 0 Å². The summed E-state index contributed by atoms with van der Waals surface area (Å²) in [7, 11) is 0. The average Bonchev–Trinajstić information content (AvgIpc) is 1.54. The SMILES string of the molecule is CCCCC(CC)COc1ccc(N2c3ccc(Br)cc3OC3C=C(Br)C=CC32)cc1.CCCCCCCCC1(CCCCCCCC)c2cc(Br)cc3ccc4cc(Br)cc1c4c23.CCCCCCCCC1(CCCCCCCC)c2cc(C)cc3ccc4cc(-c5ccc6c(c5)OC5C=C(C)C=CC5N6c5ccc(OCC(CC)CCCC)cc5)cc1c4c23. The largest absolute Gasteiger partial charge is 0.493 e. The fraction of sp³-hybridized carbons (Fsp3) is 0.483. The van der Waals surface area contributed by atoms with Crippen molar-refractivity contribution in [3.8, 4) is 34.1 Å². The summed E-state index contributed by atoms with van der Waals surface area (Å²) in [6.45, 7) is 24.4. The number of fused-ring (bicyclic) bond motifs is 4. The summed E-state index contributed by atoms with van der Waals surface area (Å²) >= 11 is 14.9. The minimum absolute atomic E-state index is 0.0338. The molecule has 16 rings (SSSR count). The van der Waals surface area contributed by atoms with Crippen LogP contribution >= 0.6 is 63.7 Å². The Morgan fingerprint density at radius 2 is 0.738 bits per heavy atom. The third kappa shape index (κ3) is 22.4. The summed E-state index contributed by atoms with van der Waals surface area (Å²) in [5.41, 5.74) is 16.2. The molecule has 6 nitrogen and oxygen atoms in total. The Morgan fingerprint density at radius 3 is 1.19 bits per heavy atom. The highest BCUT2D eigenvalue weighted by molar-refractivity contribution is 9.12. The minimum atomic E-state index is -0.0786. The van der Waals surface area contributed by atoms with Gasteiger partial charge in [-0.2, -0.15) is 0 Å². The first-order chi connectivity index (χ1) is 61.6. The van der Waals surface area contributed by atoms with E-state index in [1.165, 1.54) is 293 Å². The molecule has 2 aliphatic heterocycles. The zero-order valence-corrected chi connectivity index (χ0v) is 84.2. The van der Waals surface area contributed by atoms with Crippen molar-refractivity contribution in [2.45, 2.75) is 336 Å². The van der Waals surface area contributed by atoms with E-state index in [4.69, 9.17) is 18.9 Å². The predicted molar refractivity (Wildman–Crippen MR) is 556 cm³/mol. The highest BCUT2D eigenvalue weighted by Gasteiger charge is 2.45. The molecule has 126 heavy (non-hydrogen) atoms. The van der Waals surface area contributed by atoms with E-state index in [2.05, 4.69) is 331 Å². The van der Waals surface area contributed by atoms with Crippen molar-refractivity contribution >= 4 is 130 Å². The van der Waals surface area contributed by atoms with E-state index in [0.717, 1.165) is 80.8 Å². The topological polar surface area (TPSA) is 43.4 Å². The monoisotopic (exact) mass is 1940 g/mol. The Hall–Kier alpha value is -7.08. The van der Waals surface area contributed by atoms with Crippen molar-refractivity contribution in [3.05, 3.63) is 245 Å². The molecule has 10 aromatic carbocycles. The Balaban J connectivity index is 0.000000169. The van der Waals surface area contributed by atoms with Crippen molar-refractivity contribution in [1.82, 2.24) is 0 Å².